The van der Waals surface area contributed by atoms with Crippen molar-refractivity contribution >= 4 is 41.2 Å². The SMILES string of the molecule is O=C(/C=C/c1ccccc1)Nc1ccc(SCCCN2C(=O)c3ccccc3C2=O)cc1. The number of anilines is 1. The normalized spacial score (nSPS) is 12.9. The van der Waals surface area contributed by atoms with Crippen molar-refractivity contribution in [1.82, 2.24) is 4.90 Å². The van der Waals surface area contributed by atoms with Crippen molar-refractivity contribution in [2.45, 2.75) is 11.3 Å². The van der Waals surface area contributed by atoms with E-state index in [0.717, 1.165) is 21.9 Å². The van der Waals surface area contributed by atoms with Crippen molar-refractivity contribution in [3.63, 3.8) is 0 Å². The van der Waals surface area contributed by atoms with Gasteiger partial charge in [0.1, 0.15) is 0 Å². The fraction of sp³-hybridized carbons (Fsp3) is 0.115. The van der Waals surface area contributed by atoms with Crippen LogP contribution in [0.1, 0.15) is 32.7 Å². The first-order chi connectivity index (χ1) is 15.6. The van der Waals surface area contributed by atoms with Crippen LogP contribution in [0.5, 0.6) is 0 Å². The number of benzene rings is 3. The Balaban J connectivity index is 1.22. The fourth-order valence-electron chi connectivity index (χ4n) is 3.41. The Morgan fingerprint density at radius 2 is 1.47 bits per heavy atom. The molecule has 0 aromatic heterocycles. The van der Waals surface area contributed by atoms with Gasteiger partial charge in [-0.05, 0) is 60.2 Å². The van der Waals surface area contributed by atoms with E-state index in [1.54, 1.807) is 42.1 Å². The molecule has 0 unspecified atom stereocenters. The molecule has 1 aliphatic heterocycles. The Bertz CT molecular complexity index is 1120. The molecule has 0 aliphatic carbocycles. The zero-order valence-corrected chi connectivity index (χ0v) is 18.2. The van der Waals surface area contributed by atoms with Crippen LogP contribution in [0.25, 0.3) is 6.08 Å². The van der Waals surface area contributed by atoms with Gasteiger partial charge in [-0.2, -0.15) is 0 Å². The highest BCUT2D eigenvalue weighted by molar-refractivity contribution is 7.99. The van der Waals surface area contributed by atoms with Crippen LogP contribution in [-0.4, -0.2) is 34.9 Å². The maximum atomic E-state index is 12.4. The van der Waals surface area contributed by atoms with Crippen LogP contribution < -0.4 is 5.32 Å². The smallest absolute Gasteiger partial charge is 0.261 e. The first-order valence-corrected chi connectivity index (χ1v) is 11.3. The van der Waals surface area contributed by atoms with Crippen molar-refractivity contribution in [3.8, 4) is 0 Å². The average molecular weight is 443 g/mol. The van der Waals surface area contributed by atoms with Gasteiger partial charge in [0, 0.05) is 23.2 Å². The number of thioether (sulfide) groups is 1. The lowest BCUT2D eigenvalue weighted by atomic mass is 10.1. The fourth-order valence-corrected chi connectivity index (χ4v) is 4.25. The Kier molecular flexibility index (Phi) is 6.82. The lowest BCUT2D eigenvalue weighted by Gasteiger charge is -2.13. The van der Waals surface area contributed by atoms with Crippen LogP contribution in [0.4, 0.5) is 5.69 Å². The summed E-state index contributed by atoms with van der Waals surface area (Å²) >= 11 is 1.65. The number of carbonyl (C=O) groups is 3. The molecule has 3 aromatic rings. The van der Waals surface area contributed by atoms with E-state index in [0.29, 0.717) is 24.1 Å². The van der Waals surface area contributed by atoms with E-state index in [9.17, 15) is 14.4 Å². The summed E-state index contributed by atoms with van der Waals surface area (Å²) in [6, 6.07) is 24.2. The van der Waals surface area contributed by atoms with Crippen molar-refractivity contribution in [3.05, 3.63) is 102 Å². The molecule has 0 atom stereocenters. The largest absolute Gasteiger partial charge is 0.323 e. The maximum absolute atomic E-state index is 12.4. The van der Waals surface area contributed by atoms with Gasteiger partial charge in [0.15, 0.2) is 0 Å². The summed E-state index contributed by atoms with van der Waals surface area (Å²) in [5.41, 5.74) is 2.67. The van der Waals surface area contributed by atoms with Gasteiger partial charge in [0.05, 0.1) is 11.1 Å². The van der Waals surface area contributed by atoms with Crippen molar-refractivity contribution in [2.75, 3.05) is 17.6 Å². The molecule has 1 N–H and O–H groups in total. The van der Waals surface area contributed by atoms with Crippen LogP contribution in [0.3, 0.4) is 0 Å². The van der Waals surface area contributed by atoms with Gasteiger partial charge in [0.25, 0.3) is 11.8 Å². The van der Waals surface area contributed by atoms with E-state index in [4.69, 9.17) is 0 Å². The first kappa shape index (κ1) is 21.6. The molecule has 1 heterocycles. The zero-order valence-electron chi connectivity index (χ0n) is 17.4. The molecule has 6 heteroatoms. The molecule has 0 saturated carbocycles. The van der Waals surface area contributed by atoms with Crippen molar-refractivity contribution < 1.29 is 14.4 Å². The molecule has 0 radical (unpaired) electrons. The molecular weight excluding hydrogens is 420 g/mol. The standard InChI is InChI=1S/C26H22N2O3S/c29-24(16-11-19-7-2-1-3-8-19)27-20-12-14-21(15-13-20)32-18-6-17-28-25(30)22-9-4-5-10-23(22)26(28)31/h1-5,7-16H,6,17-18H2,(H,27,29)/b16-11+. The number of rotatable bonds is 8. The molecule has 0 bridgehead atoms. The molecule has 4 rings (SSSR count). The topological polar surface area (TPSA) is 66.5 Å². The number of nitrogens with zero attached hydrogens (tertiary/aromatic N) is 1. The summed E-state index contributed by atoms with van der Waals surface area (Å²) in [6.07, 6.45) is 3.99. The summed E-state index contributed by atoms with van der Waals surface area (Å²) in [5, 5.41) is 2.85. The predicted octanol–water partition coefficient (Wildman–Crippen LogP) is 5.12. The number of amides is 3. The van der Waals surface area contributed by atoms with Crippen molar-refractivity contribution in [2.24, 2.45) is 0 Å². The number of hydrogen-bond donors (Lipinski definition) is 1. The van der Waals surface area contributed by atoms with E-state index in [1.807, 2.05) is 54.6 Å². The third-order valence-electron chi connectivity index (χ3n) is 5.02. The first-order valence-electron chi connectivity index (χ1n) is 10.3. The molecule has 32 heavy (non-hydrogen) atoms. The minimum Gasteiger partial charge on any atom is -0.323 e. The summed E-state index contributed by atoms with van der Waals surface area (Å²) in [7, 11) is 0. The highest BCUT2D eigenvalue weighted by Crippen LogP contribution is 2.24. The number of carbonyl (C=O) groups excluding carboxylic acids is 3. The Morgan fingerprint density at radius 3 is 2.12 bits per heavy atom. The molecule has 3 aromatic carbocycles. The predicted molar refractivity (Wildman–Crippen MR) is 128 cm³/mol. The van der Waals surface area contributed by atoms with Gasteiger partial charge in [-0.25, -0.2) is 0 Å². The molecule has 0 spiro atoms. The molecule has 3 amide bonds. The third kappa shape index (κ3) is 5.15. The van der Waals surface area contributed by atoms with Crippen LogP contribution in [0, 0.1) is 0 Å². The van der Waals surface area contributed by atoms with Crippen LogP contribution >= 0.6 is 11.8 Å². The Morgan fingerprint density at radius 1 is 0.844 bits per heavy atom. The lowest BCUT2D eigenvalue weighted by Crippen LogP contribution is -2.30. The molecule has 5 nitrogen and oxygen atoms in total. The minimum atomic E-state index is -0.211. The van der Waals surface area contributed by atoms with Crippen LogP contribution in [0.15, 0.2) is 89.8 Å². The van der Waals surface area contributed by atoms with Gasteiger partial charge in [-0.3, -0.25) is 19.3 Å². The second-order valence-electron chi connectivity index (χ2n) is 7.27. The van der Waals surface area contributed by atoms with E-state index in [2.05, 4.69) is 5.32 Å². The number of nitrogens with one attached hydrogen (secondary N) is 1. The monoisotopic (exact) mass is 442 g/mol. The zero-order chi connectivity index (χ0) is 22.3. The summed E-state index contributed by atoms with van der Waals surface area (Å²) in [4.78, 5) is 39.2. The molecule has 0 fully saturated rings. The number of imide groups is 1. The highest BCUT2D eigenvalue weighted by atomic mass is 32.2. The Hall–Kier alpha value is -3.64. The second kappa shape index (κ2) is 10.1. The van der Waals surface area contributed by atoms with E-state index < -0.39 is 0 Å². The highest BCUT2D eigenvalue weighted by Gasteiger charge is 2.34. The third-order valence-corrected chi connectivity index (χ3v) is 6.12. The summed E-state index contributed by atoms with van der Waals surface area (Å²) in [5.74, 6) is 0.170. The average Bonchev–Trinajstić information content (AvgIpc) is 3.07. The van der Waals surface area contributed by atoms with E-state index in [-0.39, 0.29) is 17.7 Å². The van der Waals surface area contributed by atoms with Gasteiger partial charge in [-0.15, -0.1) is 11.8 Å². The van der Waals surface area contributed by atoms with E-state index in [1.165, 1.54) is 11.0 Å². The van der Waals surface area contributed by atoms with Gasteiger partial charge >= 0.3 is 0 Å². The molecule has 0 saturated heterocycles. The number of hydrogen-bond acceptors (Lipinski definition) is 4. The van der Waals surface area contributed by atoms with Gasteiger partial charge < -0.3 is 5.32 Å². The maximum Gasteiger partial charge on any atom is 0.261 e. The number of fused-ring (bicyclic) bond motifs is 1. The van der Waals surface area contributed by atoms with Crippen LogP contribution in [-0.2, 0) is 4.79 Å². The lowest BCUT2D eigenvalue weighted by molar-refractivity contribution is -0.111. The van der Waals surface area contributed by atoms with Gasteiger partial charge in [0.2, 0.25) is 5.91 Å². The minimum absolute atomic E-state index is 0.185. The van der Waals surface area contributed by atoms with Gasteiger partial charge in [-0.1, -0.05) is 42.5 Å². The Labute approximate surface area is 191 Å². The second-order valence-corrected chi connectivity index (χ2v) is 8.44. The molecular formula is C26H22N2O3S. The van der Waals surface area contributed by atoms with Crippen molar-refractivity contribution in [1.29, 1.82) is 0 Å². The molecule has 160 valence electrons. The van der Waals surface area contributed by atoms with E-state index >= 15 is 0 Å². The summed E-state index contributed by atoms with van der Waals surface area (Å²) < 4.78 is 0. The molecule has 1 aliphatic rings. The summed E-state index contributed by atoms with van der Waals surface area (Å²) in [6.45, 7) is 0.404. The van der Waals surface area contributed by atoms with Crippen LogP contribution in [0.2, 0.25) is 0 Å². The quantitative estimate of drug-likeness (QED) is 0.228.